The van der Waals surface area contributed by atoms with E-state index in [1.165, 1.54) is 23.9 Å². The topological polar surface area (TPSA) is 37.8 Å². The van der Waals surface area contributed by atoms with E-state index in [0.29, 0.717) is 0 Å². The van der Waals surface area contributed by atoms with Gasteiger partial charge in [-0.2, -0.15) is 0 Å². The van der Waals surface area contributed by atoms with Crippen LogP contribution >= 0.6 is 0 Å². The van der Waals surface area contributed by atoms with Crippen molar-refractivity contribution < 1.29 is 0 Å². The summed E-state index contributed by atoms with van der Waals surface area (Å²) in [6.45, 7) is 4.34. The average molecular weight is 241 g/mol. The fourth-order valence-electron chi connectivity index (χ4n) is 1.97. The van der Waals surface area contributed by atoms with Crippen LogP contribution in [0.4, 0.5) is 5.69 Å². The van der Waals surface area contributed by atoms with Crippen molar-refractivity contribution in [3.8, 4) is 0 Å². The molecule has 0 amide bonds. The van der Waals surface area contributed by atoms with Crippen molar-refractivity contribution in [1.29, 1.82) is 0 Å². The molecule has 0 aliphatic rings. The molecule has 1 aromatic heterocycles. The first-order chi connectivity index (χ1) is 8.79. The molecule has 0 bridgehead atoms. The summed E-state index contributed by atoms with van der Waals surface area (Å²) in [5.41, 5.74) is 3.62. The van der Waals surface area contributed by atoms with Gasteiger partial charge in [-0.05, 0) is 24.5 Å². The van der Waals surface area contributed by atoms with Crippen LogP contribution in [0, 0.1) is 0 Å². The maximum absolute atomic E-state index is 4.00. The van der Waals surface area contributed by atoms with Gasteiger partial charge in [0.1, 0.15) is 6.33 Å². The fourth-order valence-corrected chi connectivity index (χ4v) is 1.97. The average Bonchev–Trinajstić information content (AvgIpc) is 2.41. The molecular formula is C15H19N3. The lowest BCUT2D eigenvalue weighted by Gasteiger charge is -2.15. The van der Waals surface area contributed by atoms with Gasteiger partial charge in [0.25, 0.3) is 0 Å². The summed E-state index contributed by atoms with van der Waals surface area (Å²) >= 11 is 0. The van der Waals surface area contributed by atoms with Crippen LogP contribution in [0.2, 0.25) is 0 Å². The third kappa shape index (κ3) is 3.29. The smallest absolute Gasteiger partial charge is 0.115 e. The Morgan fingerprint density at radius 2 is 1.78 bits per heavy atom. The molecule has 1 unspecified atom stereocenters. The monoisotopic (exact) mass is 241 g/mol. The molecule has 0 aliphatic heterocycles. The second-order valence-electron chi connectivity index (χ2n) is 4.48. The molecule has 2 aromatic rings. The molecule has 0 aliphatic carbocycles. The summed E-state index contributed by atoms with van der Waals surface area (Å²) in [4.78, 5) is 7.99. The number of nitrogens with one attached hydrogen (secondary N) is 1. The number of aryl methyl sites for hydroxylation is 1. The molecule has 0 radical (unpaired) electrons. The zero-order valence-electron chi connectivity index (χ0n) is 10.9. The minimum absolute atomic E-state index is 0.256. The number of anilines is 1. The zero-order chi connectivity index (χ0) is 12.8. The van der Waals surface area contributed by atoms with Crippen molar-refractivity contribution in [3.63, 3.8) is 0 Å². The van der Waals surface area contributed by atoms with E-state index in [9.17, 15) is 0 Å². The third-order valence-electron chi connectivity index (χ3n) is 2.96. The molecule has 1 atom stereocenters. The number of rotatable bonds is 5. The Balaban J connectivity index is 2.02. The van der Waals surface area contributed by atoms with Crippen molar-refractivity contribution in [2.45, 2.75) is 32.7 Å². The predicted octanol–water partition coefficient (Wildman–Crippen LogP) is 3.60. The van der Waals surface area contributed by atoms with Crippen LogP contribution in [0.3, 0.4) is 0 Å². The van der Waals surface area contributed by atoms with E-state index in [4.69, 9.17) is 0 Å². The molecule has 3 nitrogen and oxygen atoms in total. The lowest BCUT2D eigenvalue weighted by molar-refractivity contribution is 0.872. The quantitative estimate of drug-likeness (QED) is 0.869. The van der Waals surface area contributed by atoms with Gasteiger partial charge >= 0.3 is 0 Å². The van der Waals surface area contributed by atoms with Gasteiger partial charge in [0.15, 0.2) is 0 Å². The standard InChI is InChI=1S/C15H19N3/c1-3-4-13-5-7-14(8-6-13)12(2)18-15-9-16-11-17-10-15/h5-12,18H,3-4H2,1-2H3. The van der Waals surface area contributed by atoms with Crippen LogP contribution in [0.1, 0.15) is 37.4 Å². The molecule has 2 rings (SSSR count). The predicted molar refractivity (Wildman–Crippen MR) is 74.5 cm³/mol. The van der Waals surface area contributed by atoms with Crippen molar-refractivity contribution in [2.24, 2.45) is 0 Å². The molecule has 0 saturated heterocycles. The zero-order valence-corrected chi connectivity index (χ0v) is 10.9. The first-order valence-electron chi connectivity index (χ1n) is 6.40. The van der Waals surface area contributed by atoms with E-state index in [0.717, 1.165) is 12.1 Å². The maximum Gasteiger partial charge on any atom is 0.115 e. The Morgan fingerprint density at radius 3 is 2.39 bits per heavy atom. The van der Waals surface area contributed by atoms with Crippen molar-refractivity contribution >= 4 is 5.69 Å². The van der Waals surface area contributed by atoms with E-state index < -0.39 is 0 Å². The largest absolute Gasteiger partial charge is 0.376 e. The van der Waals surface area contributed by atoms with Crippen LogP contribution in [-0.4, -0.2) is 9.97 Å². The fraction of sp³-hybridized carbons (Fsp3) is 0.333. The number of nitrogens with zero attached hydrogens (tertiary/aromatic N) is 2. The minimum atomic E-state index is 0.256. The summed E-state index contributed by atoms with van der Waals surface area (Å²) in [7, 11) is 0. The SMILES string of the molecule is CCCc1ccc(C(C)Nc2cncnc2)cc1. The lowest BCUT2D eigenvalue weighted by Crippen LogP contribution is -2.07. The molecule has 1 heterocycles. The molecular weight excluding hydrogens is 222 g/mol. The molecule has 0 saturated carbocycles. The van der Waals surface area contributed by atoms with Crippen molar-refractivity contribution in [3.05, 3.63) is 54.1 Å². The van der Waals surface area contributed by atoms with Gasteiger partial charge in [0.2, 0.25) is 0 Å². The first-order valence-corrected chi connectivity index (χ1v) is 6.40. The number of benzene rings is 1. The van der Waals surface area contributed by atoms with Gasteiger partial charge in [-0.25, -0.2) is 9.97 Å². The minimum Gasteiger partial charge on any atom is -0.376 e. The highest BCUT2D eigenvalue weighted by molar-refractivity contribution is 5.41. The number of aromatic nitrogens is 2. The molecule has 0 spiro atoms. The van der Waals surface area contributed by atoms with Crippen molar-refractivity contribution in [1.82, 2.24) is 9.97 Å². The summed E-state index contributed by atoms with van der Waals surface area (Å²) < 4.78 is 0. The van der Waals surface area contributed by atoms with Gasteiger partial charge in [-0.15, -0.1) is 0 Å². The summed E-state index contributed by atoms with van der Waals surface area (Å²) in [5.74, 6) is 0. The van der Waals surface area contributed by atoms with E-state index in [2.05, 4.69) is 53.4 Å². The second-order valence-corrected chi connectivity index (χ2v) is 4.48. The second kappa shape index (κ2) is 6.15. The summed E-state index contributed by atoms with van der Waals surface area (Å²) in [6.07, 6.45) is 7.45. The van der Waals surface area contributed by atoms with Gasteiger partial charge in [-0.3, -0.25) is 0 Å². The normalized spacial score (nSPS) is 12.1. The van der Waals surface area contributed by atoms with Crippen molar-refractivity contribution in [2.75, 3.05) is 5.32 Å². The number of hydrogen-bond acceptors (Lipinski definition) is 3. The van der Waals surface area contributed by atoms with Gasteiger partial charge in [0, 0.05) is 6.04 Å². The molecule has 0 fully saturated rings. The first kappa shape index (κ1) is 12.6. The summed E-state index contributed by atoms with van der Waals surface area (Å²) in [5, 5.41) is 3.38. The van der Waals surface area contributed by atoms with E-state index in [-0.39, 0.29) is 6.04 Å². The molecule has 1 N–H and O–H groups in total. The van der Waals surface area contributed by atoms with E-state index in [1.54, 1.807) is 12.4 Å². The molecule has 18 heavy (non-hydrogen) atoms. The Bertz CT molecular complexity index is 465. The van der Waals surface area contributed by atoms with Gasteiger partial charge in [-0.1, -0.05) is 37.6 Å². The Morgan fingerprint density at radius 1 is 1.11 bits per heavy atom. The van der Waals surface area contributed by atoms with E-state index in [1.807, 2.05) is 0 Å². The van der Waals surface area contributed by atoms with Gasteiger partial charge in [0.05, 0.1) is 18.1 Å². The highest BCUT2D eigenvalue weighted by atomic mass is 15.0. The molecule has 3 heteroatoms. The van der Waals surface area contributed by atoms with Crippen LogP contribution in [0.15, 0.2) is 43.0 Å². The Hall–Kier alpha value is -1.90. The number of hydrogen-bond donors (Lipinski definition) is 1. The van der Waals surface area contributed by atoms with Crippen LogP contribution < -0.4 is 5.32 Å². The molecule has 1 aromatic carbocycles. The van der Waals surface area contributed by atoms with E-state index >= 15 is 0 Å². The highest BCUT2D eigenvalue weighted by Gasteiger charge is 2.05. The van der Waals surface area contributed by atoms with Crippen LogP contribution in [0.25, 0.3) is 0 Å². The van der Waals surface area contributed by atoms with Crippen LogP contribution in [-0.2, 0) is 6.42 Å². The third-order valence-corrected chi connectivity index (χ3v) is 2.96. The van der Waals surface area contributed by atoms with Gasteiger partial charge < -0.3 is 5.32 Å². The summed E-state index contributed by atoms with van der Waals surface area (Å²) in [6, 6.07) is 9.04. The highest BCUT2D eigenvalue weighted by Crippen LogP contribution is 2.18. The molecule has 94 valence electrons. The van der Waals surface area contributed by atoms with Crippen LogP contribution in [0.5, 0.6) is 0 Å². The Kier molecular flexibility index (Phi) is 4.29. The maximum atomic E-state index is 4.00. The lowest BCUT2D eigenvalue weighted by atomic mass is 10.0. The Labute approximate surface area is 108 Å².